The molecule has 4 rings (SSSR count). The number of fused-ring (bicyclic) bond motifs is 2. The average molecular weight is 421 g/mol. The van der Waals surface area contributed by atoms with Gasteiger partial charge in [-0.3, -0.25) is 4.79 Å². The first kappa shape index (κ1) is 21.0. The topological polar surface area (TPSA) is 68.0 Å². The SMILES string of the molecule is CCn1cc(/C=C2/Oc3c(ccc([O-])c3C[NH+](CC)CC)C2=O)c2cc(OC)ccc21. The van der Waals surface area contributed by atoms with E-state index in [0.717, 1.165) is 41.9 Å². The van der Waals surface area contributed by atoms with E-state index >= 15 is 0 Å². The normalized spacial score (nSPS) is 14.5. The molecule has 6 heteroatoms. The Morgan fingerprint density at radius 1 is 1.16 bits per heavy atom. The highest BCUT2D eigenvalue weighted by Crippen LogP contribution is 2.39. The molecule has 0 spiro atoms. The minimum Gasteiger partial charge on any atom is -0.872 e. The maximum atomic E-state index is 13.1. The molecular formula is C25H28N2O4. The lowest BCUT2D eigenvalue weighted by molar-refractivity contribution is -0.910. The monoisotopic (exact) mass is 420 g/mol. The maximum absolute atomic E-state index is 13.1. The van der Waals surface area contributed by atoms with E-state index in [1.807, 2.05) is 24.4 Å². The fourth-order valence-corrected chi connectivity index (χ4v) is 4.16. The van der Waals surface area contributed by atoms with Crippen LogP contribution in [0.2, 0.25) is 0 Å². The molecule has 0 amide bonds. The highest BCUT2D eigenvalue weighted by molar-refractivity contribution is 6.15. The molecule has 0 saturated carbocycles. The first-order valence-electron chi connectivity index (χ1n) is 10.8. The van der Waals surface area contributed by atoms with E-state index in [2.05, 4.69) is 25.3 Å². The van der Waals surface area contributed by atoms with Crippen molar-refractivity contribution in [1.29, 1.82) is 0 Å². The number of hydrogen-bond acceptors (Lipinski definition) is 4. The fourth-order valence-electron chi connectivity index (χ4n) is 4.16. The van der Waals surface area contributed by atoms with Crippen molar-refractivity contribution in [2.45, 2.75) is 33.9 Å². The van der Waals surface area contributed by atoms with Gasteiger partial charge in [-0.25, -0.2) is 0 Å². The first-order valence-corrected chi connectivity index (χ1v) is 10.8. The van der Waals surface area contributed by atoms with Crippen LogP contribution in [-0.2, 0) is 13.1 Å². The number of benzene rings is 2. The van der Waals surface area contributed by atoms with E-state index in [0.29, 0.717) is 23.4 Å². The summed E-state index contributed by atoms with van der Waals surface area (Å²) in [5, 5.41) is 13.5. The van der Waals surface area contributed by atoms with Gasteiger partial charge in [0.25, 0.3) is 0 Å². The third-order valence-corrected chi connectivity index (χ3v) is 6.07. The van der Waals surface area contributed by atoms with Crippen LogP contribution in [0.5, 0.6) is 17.2 Å². The quantitative estimate of drug-likeness (QED) is 0.597. The van der Waals surface area contributed by atoms with Crippen LogP contribution >= 0.6 is 0 Å². The second-order valence-corrected chi connectivity index (χ2v) is 7.75. The van der Waals surface area contributed by atoms with Crippen LogP contribution in [0.3, 0.4) is 0 Å². The predicted molar refractivity (Wildman–Crippen MR) is 119 cm³/mol. The molecule has 0 atom stereocenters. The number of ketones is 1. The number of nitrogens with zero attached hydrogens (tertiary/aromatic N) is 1. The van der Waals surface area contributed by atoms with Crippen molar-refractivity contribution >= 4 is 22.8 Å². The van der Waals surface area contributed by atoms with Gasteiger partial charge in [0.15, 0.2) is 5.76 Å². The highest BCUT2D eigenvalue weighted by atomic mass is 16.5. The molecule has 1 N–H and O–H groups in total. The van der Waals surface area contributed by atoms with Gasteiger partial charge in [-0.2, -0.15) is 0 Å². The van der Waals surface area contributed by atoms with Crippen LogP contribution in [0, 0.1) is 0 Å². The minimum atomic E-state index is -0.189. The molecule has 0 fully saturated rings. The molecule has 1 aliphatic heterocycles. The van der Waals surface area contributed by atoms with E-state index in [1.54, 1.807) is 19.3 Å². The Bertz CT molecular complexity index is 1170. The Hall–Kier alpha value is -3.25. The molecule has 1 aliphatic rings. The number of rotatable bonds is 7. The summed E-state index contributed by atoms with van der Waals surface area (Å²) >= 11 is 0. The zero-order valence-corrected chi connectivity index (χ0v) is 18.5. The largest absolute Gasteiger partial charge is 0.872 e. The smallest absolute Gasteiger partial charge is 0.231 e. The number of quaternary nitrogens is 1. The van der Waals surface area contributed by atoms with Gasteiger partial charge in [-0.05, 0) is 51.1 Å². The number of nitrogens with one attached hydrogen (secondary N) is 1. The van der Waals surface area contributed by atoms with Gasteiger partial charge < -0.3 is 24.0 Å². The van der Waals surface area contributed by atoms with Gasteiger partial charge in [0.05, 0.1) is 25.8 Å². The summed E-state index contributed by atoms with van der Waals surface area (Å²) in [7, 11) is 1.64. The zero-order valence-electron chi connectivity index (χ0n) is 18.5. The molecule has 3 aromatic rings. The fraction of sp³-hybridized carbons (Fsp3) is 0.320. The lowest BCUT2D eigenvalue weighted by Gasteiger charge is -2.21. The Kier molecular flexibility index (Phi) is 5.74. The third-order valence-electron chi connectivity index (χ3n) is 6.07. The van der Waals surface area contributed by atoms with Crippen LogP contribution in [-0.4, -0.2) is 30.5 Å². The number of ether oxygens (including phenoxy) is 2. The number of aryl methyl sites for hydroxylation is 1. The number of methoxy groups -OCH3 is 1. The van der Waals surface area contributed by atoms with Gasteiger partial charge in [0, 0.05) is 34.8 Å². The number of carbonyl (C=O) groups excluding carboxylic acids is 1. The molecule has 0 aliphatic carbocycles. The van der Waals surface area contributed by atoms with Crippen molar-refractivity contribution in [3.05, 3.63) is 59.0 Å². The zero-order chi connectivity index (χ0) is 22.1. The Morgan fingerprint density at radius 2 is 1.94 bits per heavy atom. The summed E-state index contributed by atoms with van der Waals surface area (Å²) in [6, 6.07) is 8.97. The molecule has 2 aromatic carbocycles. The number of Topliss-reactive ketones (excluding diaryl/α,β-unsaturated/α-hetero) is 1. The van der Waals surface area contributed by atoms with E-state index < -0.39 is 0 Å². The molecule has 0 bridgehead atoms. The van der Waals surface area contributed by atoms with Crippen LogP contribution in [0.4, 0.5) is 0 Å². The summed E-state index contributed by atoms with van der Waals surface area (Å²) < 4.78 is 13.5. The van der Waals surface area contributed by atoms with E-state index in [9.17, 15) is 9.90 Å². The van der Waals surface area contributed by atoms with E-state index in [1.165, 1.54) is 11.0 Å². The van der Waals surface area contributed by atoms with Crippen molar-refractivity contribution in [1.82, 2.24) is 4.57 Å². The second-order valence-electron chi connectivity index (χ2n) is 7.75. The number of aromatic nitrogens is 1. The second kappa shape index (κ2) is 8.47. The van der Waals surface area contributed by atoms with Gasteiger partial charge in [0.2, 0.25) is 5.78 Å². The van der Waals surface area contributed by atoms with E-state index in [-0.39, 0.29) is 17.3 Å². The Labute approximate surface area is 182 Å². The van der Waals surface area contributed by atoms with Gasteiger partial charge in [-0.15, -0.1) is 0 Å². The lowest BCUT2D eigenvalue weighted by Crippen LogP contribution is -3.10. The number of carbonyl (C=O) groups is 1. The van der Waals surface area contributed by atoms with Gasteiger partial charge >= 0.3 is 0 Å². The van der Waals surface area contributed by atoms with Crippen LogP contribution in [0.25, 0.3) is 17.0 Å². The van der Waals surface area contributed by atoms with Crippen molar-refractivity contribution < 1.29 is 24.3 Å². The predicted octanol–water partition coefficient (Wildman–Crippen LogP) is 2.78. The summed E-state index contributed by atoms with van der Waals surface area (Å²) in [6.45, 7) is 9.39. The molecule has 162 valence electrons. The molecule has 1 aromatic heterocycles. The Balaban J connectivity index is 1.77. The third kappa shape index (κ3) is 3.68. The first-order chi connectivity index (χ1) is 15.0. The molecule has 0 saturated heterocycles. The van der Waals surface area contributed by atoms with Crippen molar-refractivity contribution in [3.8, 4) is 17.2 Å². The van der Waals surface area contributed by atoms with Crippen molar-refractivity contribution in [2.75, 3.05) is 20.2 Å². The molecule has 0 radical (unpaired) electrons. The Morgan fingerprint density at radius 3 is 2.61 bits per heavy atom. The summed E-state index contributed by atoms with van der Waals surface area (Å²) in [5.41, 5.74) is 2.98. The van der Waals surface area contributed by atoms with Crippen LogP contribution in [0.15, 0.2) is 42.3 Å². The number of allylic oxidation sites excluding steroid dienone is 1. The molecule has 31 heavy (non-hydrogen) atoms. The molecule has 0 unspecified atom stereocenters. The van der Waals surface area contributed by atoms with E-state index in [4.69, 9.17) is 9.47 Å². The summed E-state index contributed by atoms with van der Waals surface area (Å²) in [6.07, 6.45) is 3.78. The van der Waals surface area contributed by atoms with Crippen LogP contribution < -0.4 is 19.5 Å². The van der Waals surface area contributed by atoms with Gasteiger partial charge in [0.1, 0.15) is 18.0 Å². The summed E-state index contributed by atoms with van der Waals surface area (Å²) in [4.78, 5) is 14.4. The maximum Gasteiger partial charge on any atom is 0.231 e. The summed E-state index contributed by atoms with van der Waals surface area (Å²) in [5.74, 6) is 1.14. The van der Waals surface area contributed by atoms with Crippen LogP contribution in [0.1, 0.15) is 42.3 Å². The molecule has 2 heterocycles. The molecule has 6 nitrogen and oxygen atoms in total. The highest BCUT2D eigenvalue weighted by Gasteiger charge is 2.31. The number of hydrogen-bond donors (Lipinski definition) is 1. The minimum absolute atomic E-state index is 0.0838. The lowest BCUT2D eigenvalue weighted by atomic mass is 10.0. The van der Waals surface area contributed by atoms with Crippen molar-refractivity contribution in [3.63, 3.8) is 0 Å². The molecular weight excluding hydrogens is 392 g/mol. The average Bonchev–Trinajstić information content (AvgIpc) is 3.30. The van der Waals surface area contributed by atoms with Gasteiger partial charge in [-0.1, -0.05) is 11.8 Å². The standard InChI is InChI=1S/C25H28N2O4/c1-5-26(6-2)15-20-22(28)11-9-18-24(29)23(31-25(18)20)12-16-14-27(7-3)21-10-8-17(30-4)13-19(16)21/h8-14,28H,5-7,15H2,1-4H3/b23-12+. The van der Waals surface area contributed by atoms with Crippen molar-refractivity contribution in [2.24, 2.45) is 0 Å².